The molecular formula is C12H26O2Si. The maximum Gasteiger partial charge on any atom is 0.262 e. The summed E-state index contributed by atoms with van der Waals surface area (Å²) in [6, 6.07) is 0. The zero-order valence-corrected chi connectivity index (χ0v) is 12.3. The van der Waals surface area contributed by atoms with Crippen molar-refractivity contribution in [2.24, 2.45) is 0 Å². The molecule has 0 saturated carbocycles. The van der Waals surface area contributed by atoms with Crippen LogP contribution in [-0.4, -0.2) is 15.4 Å². The van der Waals surface area contributed by atoms with Crippen molar-refractivity contribution in [2.45, 2.75) is 58.2 Å². The lowest BCUT2D eigenvalue weighted by molar-refractivity contribution is 0.139. The highest BCUT2D eigenvalue weighted by atomic mass is 28.4. The topological polar surface area (TPSA) is 18.5 Å². The van der Waals surface area contributed by atoms with Crippen molar-refractivity contribution in [2.75, 3.05) is 7.11 Å². The van der Waals surface area contributed by atoms with Gasteiger partial charge in [-0.1, -0.05) is 41.5 Å². The zero-order valence-electron chi connectivity index (χ0n) is 11.3. The fourth-order valence-electron chi connectivity index (χ4n) is 2.59. The molecule has 0 aromatic carbocycles. The molecule has 0 aromatic rings. The van der Waals surface area contributed by atoms with E-state index in [4.69, 9.17) is 9.16 Å². The molecule has 0 aliphatic carbocycles. The van der Waals surface area contributed by atoms with Crippen molar-refractivity contribution >= 4 is 8.32 Å². The molecule has 0 amide bonds. The van der Waals surface area contributed by atoms with Gasteiger partial charge in [-0.15, -0.1) is 0 Å². The largest absolute Gasteiger partial charge is 0.519 e. The number of ether oxygens (including phenoxy) is 1. The summed E-state index contributed by atoms with van der Waals surface area (Å²) in [6.45, 7) is 17.3. The second-order valence-electron chi connectivity index (χ2n) is 5.00. The molecule has 0 aliphatic heterocycles. The lowest BCUT2D eigenvalue weighted by Gasteiger charge is -2.41. The van der Waals surface area contributed by atoms with E-state index in [1.807, 2.05) is 0 Å². The molecule has 0 N–H and O–H groups in total. The standard InChI is InChI=1S/C12H26O2Si/c1-9(2)15(10(3)4,11(5)6)14-12(7)13-8/h9-11H,7H2,1-6,8H3. The van der Waals surface area contributed by atoms with E-state index in [9.17, 15) is 0 Å². The number of hydrogen-bond donors (Lipinski definition) is 0. The average molecular weight is 230 g/mol. The molecule has 0 spiro atoms. The van der Waals surface area contributed by atoms with Crippen LogP contribution in [0.3, 0.4) is 0 Å². The van der Waals surface area contributed by atoms with Crippen LogP contribution in [0.2, 0.25) is 16.6 Å². The Morgan fingerprint density at radius 1 is 0.933 bits per heavy atom. The smallest absolute Gasteiger partial charge is 0.262 e. The Bertz CT molecular complexity index is 188. The van der Waals surface area contributed by atoms with Crippen LogP contribution in [0.5, 0.6) is 0 Å². The summed E-state index contributed by atoms with van der Waals surface area (Å²) in [5.74, 6) is 0.470. The fraction of sp³-hybridized carbons (Fsp3) is 0.833. The summed E-state index contributed by atoms with van der Waals surface area (Å²) in [7, 11) is -0.223. The van der Waals surface area contributed by atoms with Gasteiger partial charge in [-0.3, -0.25) is 0 Å². The molecule has 0 unspecified atom stereocenters. The number of methoxy groups -OCH3 is 1. The quantitative estimate of drug-likeness (QED) is 0.500. The highest BCUT2D eigenvalue weighted by Gasteiger charge is 2.47. The van der Waals surface area contributed by atoms with Crippen molar-refractivity contribution in [3.05, 3.63) is 12.5 Å². The van der Waals surface area contributed by atoms with Crippen molar-refractivity contribution in [3.63, 3.8) is 0 Å². The molecule has 2 nitrogen and oxygen atoms in total. The van der Waals surface area contributed by atoms with Gasteiger partial charge in [0.05, 0.1) is 7.11 Å². The summed E-state index contributed by atoms with van der Waals surface area (Å²) >= 11 is 0. The second kappa shape index (κ2) is 5.59. The van der Waals surface area contributed by atoms with Crippen LogP contribution in [0.4, 0.5) is 0 Å². The van der Waals surface area contributed by atoms with Crippen LogP contribution in [0.15, 0.2) is 12.5 Å². The van der Waals surface area contributed by atoms with Gasteiger partial charge in [-0.2, -0.15) is 0 Å². The van der Waals surface area contributed by atoms with Crippen LogP contribution in [-0.2, 0) is 9.16 Å². The summed E-state index contributed by atoms with van der Waals surface area (Å²) in [5.41, 5.74) is 1.68. The maximum absolute atomic E-state index is 6.09. The second-order valence-corrected chi connectivity index (χ2v) is 10.4. The summed E-state index contributed by atoms with van der Waals surface area (Å²) in [6.07, 6.45) is 0. The lowest BCUT2D eigenvalue weighted by atomic mass is 10.5. The molecule has 0 heterocycles. The molecule has 0 aromatic heterocycles. The van der Waals surface area contributed by atoms with Crippen molar-refractivity contribution in [1.29, 1.82) is 0 Å². The maximum atomic E-state index is 6.09. The van der Waals surface area contributed by atoms with E-state index in [1.165, 1.54) is 0 Å². The van der Waals surface area contributed by atoms with Gasteiger partial charge in [0, 0.05) is 0 Å². The summed E-state index contributed by atoms with van der Waals surface area (Å²) < 4.78 is 11.2. The molecule has 0 saturated heterocycles. The first kappa shape index (κ1) is 14.6. The van der Waals surface area contributed by atoms with E-state index in [2.05, 4.69) is 48.1 Å². The van der Waals surface area contributed by atoms with E-state index in [0.29, 0.717) is 22.6 Å². The monoisotopic (exact) mass is 230 g/mol. The predicted molar refractivity (Wildman–Crippen MR) is 68.3 cm³/mol. The fourth-order valence-corrected chi connectivity index (χ4v) is 7.78. The Morgan fingerprint density at radius 3 is 1.47 bits per heavy atom. The third kappa shape index (κ3) is 3.00. The average Bonchev–Trinajstić information content (AvgIpc) is 2.11. The Hall–Kier alpha value is -0.443. The molecule has 0 fully saturated rings. The van der Waals surface area contributed by atoms with Crippen molar-refractivity contribution < 1.29 is 9.16 Å². The van der Waals surface area contributed by atoms with E-state index in [-0.39, 0.29) is 0 Å². The normalized spacial score (nSPS) is 12.4. The number of hydrogen-bond acceptors (Lipinski definition) is 2. The van der Waals surface area contributed by atoms with E-state index >= 15 is 0 Å². The molecule has 90 valence electrons. The van der Waals surface area contributed by atoms with Crippen LogP contribution in [0.1, 0.15) is 41.5 Å². The zero-order chi connectivity index (χ0) is 12.2. The first-order valence-electron chi connectivity index (χ1n) is 5.70. The summed E-state index contributed by atoms with van der Waals surface area (Å²) in [4.78, 5) is 0. The van der Waals surface area contributed by atoms with Gasteiger partial charge in [0.25, 0.3) is 14.3 Å². The van der Waals surface area contributed by atoms with Crippen LogP contribution in [0, 0.1) is 0 Å². The molecule has 0 aliphatic rings. The summed E-state index contributed by atoms with van der Waals surface area (Å²) in [5, 5.41) is 0. The molecule has 15 heavy (non-hydrogen) atoms. The van der Waals surface area contributed by atoms with Gasteiger partial charge in [-0.25, -0.2) is 0 Å². The van der Waals surface area contributed by atoms with Gasteiger partial charge >= 0.3 is 0 Å². The van der Waals surface area contributed by atoms with Gasteiger partial charge in [0.1, 0.15) is 0 Å². The minimum absolute atomic E-state index is 0.470. The third-order valence-electron chi connectivity index (χ3n) is 3.23. The van der Waals surface area contributed by atoms with E-state index < -0.39 is 8.32 Å². The molecular weight excluding hydrogens is 204 g/mol. The van der Waals surface area contributed by atoms with Gasteiger partial charge in [0.15, 0.2) is 0 Å². The first-order chi connectivity index (χ1) is 6.78. The van der Waals surface area contributed by atoms with Crippen molar-refractivity contribution in [3.8, 4) is 0 Å². The van der Waals surface area contributed by atoms with Crippen LogP contribution >= 0.6 is 0 Å². The Balaban J connectivity index is 5.05. The minimum atomic E-state index is -1.84. The lowest BCUT2D eigenvalue weighted by Crippen LogP contribution is -2.47. The van der Waals surface area contributed by atoms with Gasteiger partial charge < -0.3 is 9.16 Å². The van der Waals surface area contributed by atoms with Gasteiger partial charge in [-0.05, 0) is 23.2 Å². The highest BCUT2D eigenvalue weighted by Crippen LogP contribution is 2.43. The Kier molecular flexibility index (Phi) is 5.42. The SMILES string of the molecule is C=C(OC)O[Si](C(C)C)(C(C)C)C(C)C. The van der Waals surface area contributed by atoms with Gasteiger partial charge in [0.2, 0.25) is 0 Å². The van der Waals surface area contributed by atoms with Crippen molar-refractivity contribution in [1.82, 2.24) is 0 Å². The minimum Gasteiger partial charge on any atom is -0.519 e. The molecule has 0 radical (unpaired) electrons. The molecule has 0 atom stereocenters. The first-order valence-corrected chi connectivity index (χ1v) is 7.84. The van der Waals surface area contributed by atoms with Crippen LogP contribution < -0.4 is 0 Å². The van der Waals surface area contributed by atoms with E-state index in [1.54, 1.807) is 7.11 Å². The Labute approximate surface area is 95.8 Å². The third-order valence-corrected chi connectivity index (χ3v) is 9.22. The predicted octanol–water partition coefficient (Wildman–Crippen LogP) is 4.30. The Morgan fingerprint density at radius 2 is 1.27 bits per heavy atom. The highest BCUT2D eigenvalue weighted by molar-refractivity contribution is 6.77. The molecule has 0 bridgehead atoms. The van der Waals surface area contributed by atoms with E-state index in [0.717, 1.165) is 0 Å². The molecule has 3 heteroatoms. The van der Waals surface area contributed by atoms with Crippen LogP contribution in [0.25, 0.3) is 0 Å². The molecule has 0 rings (SSSR count). The number of rotatable bonds is 6.